The molecule has 0 saturated carbocycles. The van der Waals surface area contributed by atoms with Crippen LogP contribution in [0.5, 0.6) is 0 Å². The van der Waals surface area contributed by atoms with E-state index in [1.807, 2.05) is 42.3 Å². The van der Waals surface area contributed by atoms with Crippen molar-refractivity contribution in [2.45, 2.75) is 13.3 Å². The maximum Gasteiger partial charge on any atom is 0.243 e. The molecule has 0 aliphatic heterocycles. The highest BCUT2D eigenvalue weighted by molar-refractivity contribution is 9.10. The Morgan fingerprint density at radius 1 is 1.30 bits per heavy atom. The minimum absolute atomic E-state index is 0.0790. The van der Waals surface area contributed by atoms with Gasteiger partial charge in [0.15, 0.2) is 0 Å². The van der Waals surface area contributed by atoms with Gasteiger partial charge in [0.25, 0.3) is 0 Å². The van der Waals surface area contributed by atoms with Crippen molar-refractivity contribution in [3.8, 4) is 6.07 Å². The molecule has 4 nitrogen and oxygen atoms in total. The van der Waals surface area contributed by atoms with Crippen LogP contribution in [0.4, 0.5) is 11.4 Å². The number of aryl methyl sites for hydroxylation is 1. The zero-order valence-corrected chi connectivity index (χ0v) is 14.7. The number of nitrogens with one attached hydrogen (secondary N) is 1. The summed E-state index contributed by atoms with van der Waals surface area (Å²) in [6, 6.07) is 15.2. The van der Waals surface area contributed by atoms with Crippen molar-refractivity contribution in [1.29, 1.82) is 5.26 Å². The van der Waals surface area contributed by atoms with Gasteiger partial charge in [-0.2, -0.15) is 5.26 Å². The molecule has 0 heterocycles. The van der Waals surface area contributed by atoms with E-state index in [0.717, 1.165) is 27.8 Å². The monoisotopic (exact) mass is 371 g/mol. The lowest BCUT2D eigenvalue weighted by atomic mass is 10.1. The van der Waals surface area contributed by atoms with E-state index in [-0.39, 0.29) is 12.5 Å². The second-order valence-corrected chi connectivity index (χ2v) is 6.05. The minimum Gasteiger partial charge on any atom is -0.364 e. The van der Waals surface area contributed by atoms with Gasteiger partial charge in [-0.3, -0.25) is 4.79 Å². The zero-order valence-electron chi connectivity index (χ0n) is 13.1. The van der Waals surface area contributed by atoms with Crippen molar-refractivity contribution in [2.75, 3.05) is 23.8 Å². The van der Waals surface area contributed by atoms with Gasteiger partial charge in [0.1, 0.15) is 0 Å². The van der Waals surface area contributed by atoms with Crippen molar-refractivity contribution in [3.63, 3.8) is 0 Å². The number of likely N-dealkylation sites (N-methyl/N-ethyl adjacent to an activating group) is 1. The molecule has 0 aromatic heterocycles. The molecule has 1 amide bonds. The minimum atomic E-state index is -0.0790. The molecule has 0 atom stereocenters. The Kier molecular flexibility index (Phi) is 5.78. The van der Waals surface area contributed by atoms with E-state index in [2.05, 4.69) is 34.2 Å². The van der Waals surface area contributed by atoms with Crippen LogP contribution < -0.4 is 10.2 Å². The molecule has 0 unspecified atom stereocenters. The molecule has 0 spiro atoms. The van der Waals surface area contributed by atoms with Crippen molar-refractivity contribution in [1.82, 2.24) is 0 Å². The predicted molar refractivity (Wildman–Crippen MR) is 96.6 cm³/mol. The van der Waals surface area contributed by atoms with Crippen molar-refractivity contribution in [3.05, 3.63) is 58.1 Å². The van der Waals surface area contributed by atoms with Gasteiger partial charge in [0, 0.05) is 17.2 Å². The van der Waals surface area contributed by atoms with Crippen LogP contribution >= 0.6 is 15.9 Å². The predicted octanol–water partition coefficient (Wildman–Crippen LogP) is 3.96. The molecule has 118 valence electrons. The third kappa shape index (κ3) is 4.33. The smallest absolute Gasteiger partial charge is 0.243 e. The highest BCUT2D eigenvalue weighted by Gasteiger charge is 2.12. The molecular weight excluding hydrogens is 354 g/mol. The summed E-state index contributed by atoms with van der Waals surface area (Å²) < 4.78 is 0.792. The first kappa shape index (κ1) is 17.0. The average Bonchev–Trinajstić information content (AvgIpc) is 2.54. The maximum absolute atomic E-state index is 12.3. The molecular formula is C18H18BrN3O. The molecule has 0 bridgehead atoms. The summed E-state index contributed by atoms with van der Waals surface area (Å²) in [4.78, 5) is 14.1. The fourth-order valence-electron chi connectivity index (χ4n) is 2.33. The Hall–Kier alpha value is -2.32. The third-order valence-corrected chi connectivity index (χ3v) is 4.18. The second-order valence-electron chi connectivity index (χ2n) is 5.19. The SMILES string of the molecule is CCc1ccccc1NC(=O)CN(C)c1ccc(C#N)cc1Br. The van der Waals surface area contributed by atoms with E-state index in [1.165, 1.54) is 0 Å². The van der Waals surface area contributed by atoms with E-state index in [1.54, 1.807) is 12.1 Å². The lowest BCUT2D eigenvalue weighted by Gasteiger charge is -2.20. The fourth-order valence-corrected chi connectivity index (χ4v) is 3.01. The zero-order chi connectivity index (χ0) is 16.8. The Morgan fingerprint density at radius 2 is 2.04 bits per heavy atom. The number of hydrogen-bond donors (Lipinski definition) is 1. The molecule has 2 rings (SSSR count). The quantitative estimate of drug-likeness (QED) is 0.865. The van der Waals surface area contributed by atoms with E-state index in [4.69, 9.17) is 5.26 Å². The van der Waals surface area contributed by atoms with Gasteiger partial charge in [0.2, 0.25) is 5.91 Å². The van der Waals surface area contributed by atoms with Crippen LogP contribution in [0.15, 0.2) is 46.9 Å². The molecule has 2 aromatic carbocycles. The number of nitrogens with zero attached hydrogens (tertiary/aromatic N) is 2. The van der Waals surface area contributed by atoms with Crippen LogP contribution in [-0.2, 0) is 11.2 Å². The van der Waals surface area contributed by atoms with Gasteiger partial charge in [-0.15, -0.1) is 0 Å². The number of benzene rings is 2. The van der Waals surface area contributed by atoms with Gasteiger partial charge in [0.05, 0.1) is 23.9 Å². The lowest BCUT2D eigenvalue weighted by Crippen LogP contribution is -2.30. The summed E-state index contributed by atoms with van der Waals surface area (Å²) in [6.45, 7) is 2.29. The Balaban J connectivity index is 2.07. The number of amides is 1. The van der Waals surface area contributed by atoms with Gasteiger partial charge in [-0.05, 0) is 52.2 Å². The van der Waals surface area contributed by atoms with Crippen LogP contribution in [0, 0.1) is 11.3 Å². The Morgan fingerprint density at radius 3 is 2.70 bits per heavy atom. The third-order valence-electron chi connectivity index (χ3n) is 3.54. The van der Waals surface area contributed by atoms with Crippen LogP contribution in [0.2, 0.25) is 0 Å². The number of carbonyl (C=O) groups excluding carboxylic acids is 1. The number of rotatable bonds is 5. The highest BCUT2D eigenvalue weighted by Crippen LogP contribution is 2.26. The van der Waals surface area contributed by atoms with Gasteiger partial charge in [-0.25, -0.2) is 0 Å². The normalized spacial score (nSPS) is 10.0. The first-order valence-electron chi connectivity index (χ1n) is 7.33. The number of anilines is 2. The number of para-hydroxylation sites is 1. The van der Waals surface area contributed by atoms with Gasteiger partial charge >= 0.3 is 0 Å². The standard InChI is InChI=1S/C18H18BrN3O/c1-3-14-6-4-5-7-16(14)21-18(23)12-22(2)17-9-8-13(11-20)10-15(17)19/h4-10H,3,12H2,1-2H3,(H,21,23). The van der Waals surface area contributed by atoms with E-state index < -0.39 is 0 Å². The largest absolute Gasteiger partial charge is 0.364 e. The van der Waals surface area contributed by atoms with Crippen molar-refractivity contribution < 1.29 is 4.79 Å². The molecule has 5 heteroatoms. The molecule has 1 N–H and O–H groups in total. The molecule has 23 heavy (non-hydrogen) atoms. The maximum atomic E-state index is 12.3. The first-order chi connectivity index (χ1) is 11.0. The fraction of sp³-hybridized carbons (Fsp3) is 0.222. The number of halogens is 1. The number of nitriles is 1. The summed E-state index contributed by atoms with van der Waals surface area (Å²) in [6.07, 6.45) is 0.869. The molecule has 0 aliphatic rings. The topological polar surface area (TPSA) is 56.1 Å². The lowest BCUT2D eigenvalue weighted by molar-refractivity contribution is -0.114. The Bertz CT molecular complexity index is 752. The molecule has 0 radical (unpaired) electrons. The van der Waals surface area contributed by atoms with Crippen LogP contribution in [0.3, 0.4) is 0 Å². The average molecular weight is 372 g/mol. The summed E-state index contributed by atoms with van der Waals surface area (Å²) in [7, 11) is 1.84. The van der Waals surface area contributed by atoms with E-state index in [9.17, 15) is 4.79 Å². The summed E-state index contributed by atoms with van der Waals surface area (Å²) in [5.41, 5.74) is 3.41. The van der Waals surface area contributed by atoms with Crippen LogP contribution in [-0.4, -0.2) is 19.5 Å². The first-order valence-corrected chi connectivity index (χ1v) is 8.13. The number of hydrogen-bond acceptors (Lipinski definition) is 3. The second kappa shape index (κ2) is 7.80. The molecule has 0 saturated heterocycles. The number of carbonyl (C=O) groups is 1. The van der Waals surface area contributed by atoms with Crippen molar-refractivity contribution >= 4 is 33.2 Å². The van der Waals surface area contributed by atoms with Crippen LogP contribution in [0.25, 0.3) is 0 Å². The summed E-state index contributed by atoms with van der Waals surface area (Å²) in [5.74, 6) is -0.0790. The Labute approximate surface area is 144 Å². The highest BCUT2D eigenvalue weighted by atomic mass is 79.9. The van der Waals surface area contributed by atoms with Crippen LogP contribution in [0.1, 0.15) is 18.1 Å². The molecule has 0 fully saturated rings. The molecule has 0 aliphatic carbocycles. The van der Waals surface area contributed by atoms with Gasteiger partial charge < -0.3 is 10.2 Å². The van der Waals surface area contributed by atoms with E-state index >= 15 is 0 Å². The van der Waals surface area contributed by atoms with E-state index in [0.29, 0.717) is 5.56 Å². The summed E-state index contributed by atoms with van der Waals surface area (Å²) >= 11 is 3.44. The molecule has 2 aromatic rings. The van der Waals surface area contributed by atoms with Crippen molar-refractivity contribution in [2.24, 2.45) is 0 Å². The summed E-state index contributed by atoms with van der Waals surface area (Å²) in [5, 5.41) is 11.9. The van der Waals surface area contributed by atoms with Gasteiger partial charge in [-0.1, -0.05) is 25.1 Å².